The Morgan fingerprint density at radius 3 is 2.69 bits per heavy atom. The number of allylic oxidation sites excluding steroid dienone is 3. The number of hydrogen-bond acceptors (Lipinski definition) is 8. The van der Waals surface area contributed by atoms with E-state index >= 15 is 0 Å². The molecule has 0 radical (unpaired) electrons. The van der Waals surface area contributed by atoms with Crippen molar-refractivity contribution in [1.82, 2.24) is 13.9 Å². The van der Waals surface area contributed by atoms with E-state index in [4.69, 9.17) is 21.1 Å². The smallest absolute Gasteiger partial charge is 0.250 e. The molecule has 8 nitrogen and oxygen atoms in total. The molecule has 3 aromatic heterocycles. The Bertz CT molecular complexity index is 1880. The Morgan fingerprint density at radius 2 is 2.02 bits per heavy atom. The number of rotatable bonds is 9. The predicted octanol–water partition coefficient (Wildman–Crippen LogP) is 6.66. The van der Waals surface area contributed by atoms with Crippen molar-refractivity contribution >= 4 is 55.9 Å². The number of methoxy groups -OCH3 is 1. The summed E-state index contributed by atoms with van der Waals surface area (Å²) in [6.07, 6.45) is 9.90. The van der Waals surface area contributed by atoms with Crippen molar-refractivity contribution in [3.8, 4) is 11.3 Å². The Morgan fingerprint density at radius 1 is 1.21 bits per heavy atom. The van der Waals surface area contributed by atoms with Crippen molar-refractivity contribution in [3.05, 3.63) is 87.2 Å². The highest BCUT2D eigenvalue weighted by Crippen LogP contribution is 2.48. The van der Waals surface area contributed by atoms with Gasteiger partial charge in [-0.1, -0.05) is 23.7 Å². The van der Waals surface area contributed by atoms with Gasteiger partial charge in [-0.25, -0.2) is 26.7 Å². The lowest BCUT2D eigenvalue weighted by Gasteiger charge is -2.39. The van der Waals surface area contributed by atoms with Crippen LogP contribution in [0, 0.1) is 5.82 Å². The first-order valence-corrected chi connectivity index (χ1v) is 15.9. The van der Waals surface area contributed by atoms with E-state index in [0.717, 1.165) is 39.2 Å². The average Bonchev–Trinajstić information content (AvgIpc) is 3.58. The van der Waals surface area contributed by atoms with Crippen LogP contribution in [0.3, 0.4) is 0 Å². The van der Waals surface area contributed by atoms with Gasteiger partial charge in [0.05, 0.1) is 16.1 Å². The molecule has 1 saturated carbocycles. The third-order valence-corrected chi connectivity index (χ3v) is 11.8. The maximum atomic E-state index is 14.6. The highest BCUT2D eigenvalue weighted by Gasteiger charge is 2.45. The standard InChI is InChI=1S/C30H27ClFN3O5S2/c1-29(11-8-22(23(31)15-29)26-16-34-28(41-26)30(9-4-10-30)40-18-39-2)42(37,38)35-25(14-20-5-3-12-33-27(20)35)19-6-7-21(17-36)24(32)13-19/h3,5-8,12-17H,4,9-11,18H2,1-2H3. The van der Waals surface area contributed by atoms with Crippen LogP contribution in [0.2, 0.25) is 0 Å². The fourth-order valence-corrected chi connectivity index (χ4v) is 8.84. The van der Waals surface area contributed by atoms with Crippen LogP contribution < -0.4 is 0 Å². The zero-order valence-electron chi connectivity index (χ0n) is 22.8. The molecule has 1 aromatic carbocycles. The topological polar surface area (TPSA) is 100 Å². The number of hydrogen-bond donors (Lipinski definition) is 0. The normalized spacial score (nSPS) is 20.2. The van der Waals surface area contributed by atoms with Crippen LogP contribution in [0.25, 0.3) is 27.9 Å². The van der Waals surface area contributed by atoms with Crippen LogP contribution in [0.1, 0.15) is 52.8 Å². The van der Waals surface area contributed by atoms with E-state index in [0.29, 0.717) is 22.8 Å². The molecule has 0 aliphatic heterocycles. The number of halogens is 2. The second-order valence-electron chi connectivity index (χ2n) is 10.6. The minimum Gasteiger partial charge on any atom is -0.359 e. The number of benzene rings is 1. The second-order valence-corrected chi connectivity index (χ2v) is 14.3. The van der Waals surface area contributed by atoms with Gasteiger partial charge >= 0.3 is 0 Å². The van der Waals surface area contributed by atoms with Crippen LogP contribution in [-0.4, -0.2) is 47.3 Å². The molecule has 0 bridgehead atoms. The van der Waals surface area contributed by atoms with Crippen molar-refractivity contribution < 1.29 is 27.1 Å². The molecule has 4 aromatic rings. The molecular weight excluding hydrogens is 601 g/mol. The lowest BCUT2D eigenvalue weighted by molar-refractivity contribution is -0.171. The fourth-order valence-electron chi connectivity index (χ4n) is 5.35. The number of fused-ring (bicyclic) bond motifs is 1. The lowest BCUT2D eigenvalue weighted by Crippen LogP contribution is -2.39. The first-order valence-electron chi connectivity index (χ1n) is 13.3. The Kier molecular flexibility index (Phi) is 7.43. The number of carbonyl (C=O) groups is 1. The highest BCUT2D eigenvalue weighted by molar-refractivity contribution is 7.91. The highest BCUT2D eigenvalue weighted by atomic mass is 35.5. The van der Waals surface area contributed by atoms with Crippen LogP contribution in [0.15, 0.2) is 66.0 Å². The van der Waals surface area contributed by atoms with Crippen molar-refractivity contribution in [3.63, 3.8) is 0 Å². The maximum absolute atomic E-state index is 14.6. The molecule has 218 valence electrons. The summed E-state index contributed by atoms with van der Waals surface area (Å²) in [4.78, 5) is 21.0. The van der Waals surface area contributed by atoms with Gasteiger partial charge in [-0.15, -0.1) is 11.3 Å². The number of carbonyl (C=O) groups excluding carboxylic acids is 1. The van der Waals surface area contributed by atoms with E-state index in [-0.39, 0.29) is 35.2 Å². The van der Waals surface area contributed by atoms with E-state index in [2.05, 4.69) is 9.97 Å². The zero-order chi connectivity index (χ0) is 29.7. The van der Waals surface area contributed by atoms with E-state index in [1.54, 1.807) is 44.5 Å². The van der Waals surface area contributed by atoms with Gasteiger partial charge in [-0.3, -0.25) is 4.79 Å². The summed E-state index contributed by atoms with van der Waals surface area (Å²) in [5.41, 5.74) is 0.856. The van der Waals surface area contributed by atoms with Gasteiger partial charge in [0.2, 0.25) is 10.0 Å². The molecule has 12 heteroatoms. The Labute approximate surface area is 251 Å². The van der Waals surface area contributed by atoms with Crippen molar-refractivity contribution in [2.45, 2.75) is 43.0 Å². The van der Waals surface area contributed by atoms with E-state index in [9.17, 15) is 17.6 Å². The molecule has 1 atom stereocenters. The van der Waals surface area contributed by atoms with Gasteiger partial charge in [0, 0.05) is 41.1 Å². The minimum absolute atomic E-state index is 0.117. The molecule has 0 saturated heterocycles. The molecule has 1 fully saturated rings. The summed E-state index contributed by atoms with van der Waals surface area (Å²) in [7, 11) is -2.62. The molecule has 2 aliphatic rings. The third kappa shape index (κ3) is 4.64. The van der Waals surface area contributed by atoms with Crippen LogP contribution in [0.5, 0.6) is 0 Å². The van der Waals surface area contributed by atoms with Crippen molar-refractivity contribution in [2.75, 3.05) is 13.9 Å². The summed E-state index contributed by atoms with van der Waals surface area (Å²) in [5.74, 6) is -0.746. The zero-order valence-corrected chi connectivity index (χ0v) is 25.2. The largest absolute Gasteiger partial charge is 0.359 e. The second kappa shape index (κ2) is 10.8. The molecule has 2 aliphatic carbocycles. The van der Waals surface area contributed by atoms with E-state index < -0.39 is 26.2 Å². The van der Waals surface area contributed by atoms with E-state index in [1.165, 1.54) is 29.7 Å². The van der Waals surface area contributed by atoms with Crippen LogP contribution >= 0.6 is 22.9 Å². The first kappa shape index (κ1) is 28.9. The molecular formula is C30H27ClFN3O5S2. The number of nitrogens with zero attached hydrogens (tertiary/aromatic N) is 3. The molecule has 0 amide bonds. The lowest BCUT2D eigenvalue weighted by atomic mass is 9.80. The number of ether oxygens (including phenoxy) is 2. The minimum atomic E-state index is -4.20. The molecule has 3 heterocycles. The SMILES string of the molecule is COCOC1(c2ncc(C3=CCC(C)(S(=O)(=O)n4c(-c5ccc(C=O)c(F)c5)cc5cccnc54)C=C3Cl)s2)CCC1. The summed E-state index contributed by atoms with van der Waals surface area (Å²) < 4.78 is 54.3. The number of thiazole rings is 1. The number of aldehydes is 1. The predicted molar refractivity (Wildman–Crippen MR) is 160 cm³/mol. The molecule has 0 spiro atoms. The van der Waals surface area contributed by atoms with Crippen LogP contribution in [-0.2, 0) is 25.1 Å². The Balaban J connectivity index is 1.38. The Hall–Kier alpha value is -3.22. The van der Waals surface area contributed by atoms with Gasteiger partial charge in [-0.05, 0) is 69.0 Å². The number of pyridine rings is 1. The number of aromatic nitrogens is 3. The van der Waals surface area contributed by atoms with Gasteiger partial charge in [0.1, 0.15) is 28.0 Å². The van der Waals surface area contributed by atoms with Gasteiger partial charge in [0.15, 0.2) is 11.9 Å². The van der Waals surface area contributed by atoms with Gasteiger partial charge in [-0.2, -0.15) is 0 Å². The molecule has 0 N–H and O–H groups in total. The van der Waals surface area contributed by atoms with Crippen molar-refractivity contribution in [2.24, 2.45) is 0 Å². The van der Waals surface area contributed by atoms with Crippen LogP contribution in [0.4, 0.5) is 4.39 Å². The summed E-state index contributed by atoms with van der Waals surface area (Å²) in [6, 6.07) is 9.08. The first-order chi connectivity index (χ1) is 20.1. The molecule has 42 heavy (non-hydrogen) atoms. The van der Waals surface area contributed by atoms with E-state index in [1.807, 2.05) is 6.08 Å². The molecule has 6 rings (SSSR count). The fraction of sp³-hybridized carbons (Fsp3) is 0.300. The van der Waals surface area contributed by atoms with Crippen molar-refractivity contribution in [1.29, 1.82) is 0 Å². The maximum Gasteiger partial charge on any atom is 0.250 e. The monoisotopic (exact) mass is 627 g/mol. The summed E-state index contributed by atoms with van der Waals surface area (Å²) in [5, 5.41) is 1.70. The summed E-state index contributed by atoms with van der Waals surface area (Å²) in [6.45, 7) is 1.78. The average molecular weight is 628 g/mol. The third-order valence-electron chi connectivity index (χ3n) is 7.95. The quantitative estimate of drug-likeness (QED) is 0.151. The summed E-state index contributed by atoms with van der Waals surface area (Å²) >= 11 is 8.28. The van der Waals surface area contributed by atoms with Gasteiger partial charge < -0.3 is 9.47 Å². The van der Waals surface area contributed by atoms with Gasteiger partial charge in [0.25, 0.3) is 0 Å². The molecule has 1 unspecified atom stereocenters.